The lowest BCUT2D eigenvalue weighted by Crippen LogP contribution is -2.39. The van der Waals surface area contributed by atoms with Crippen LogP contribution in [0.3, 0.4) is 0 Å². The highest BCUT2D eigenvalue weighted by atomic mass is 16.3. The molecule has 2 aliphatic carbocycles. The number of allylic oxidation sites excluding steroid dienone is 3. The molecule has 47 heavy (non-hydrogen) atoms. The molecule has 0 amide bonds. The maximum atomic E-state index is 6.82. The number of para-hydroxylation sites is 1. The molecular weight excluding hydrogens is 576 g/mol. The third-order valence-corrected chi connectivity index (χ3v) is 10.7. The Hall–Kier alpha value is -5.42. The van der Waals surface area contributed by atoms with Gasteiger partial charge in [0.15, 0.2) is 5.58 Å². The van der Waals surface area contributed by atoms with E-state index in [2.05, 4.69) is 127 Å². The van der Waals surface area contributed by atoms with Crippen LogP contribution in [0.2, 0.25) is 0 Å². The van der Waals surface area contributed by atoms with Crippen LogP contribution in [0.15, 0.2) is 113 Å². The fourth-order valence-corrected chi connectivity index (χ4v) is 8.39. The fraction of sp³-hybridized carbons (Fsp3) is 0.190. The number of dihydropyridines is 1. The minimum absolute atomic E-state index is 0.100. The molecule has 4 aliphatic rings. The van der Waals surface area contributed by atoms with Crippen molar-refractivity contribution in [2.24, 2.45) is 10.9 Å². The molecule has 10 rings (SSSR count). The number of hydrogen-bond acceptors (Lipinski definition) is 4. The molecule has 5 nitrogen and oxygen atoms in total. The quantitative estimate of drug-likeness (QED) is 0.200. The first-order valence-electron chi connectivity index (χ1n) is 16.7. The number of fused-ring (bicyclic) bond motifs is 9. The van der Waals surface area contributed by atoms with Crippen molar-refractivity contribution in [2.75, 3.05) is 4.90 Å². The van der Waals surface area contributed by atoms with Crippen LogP contribution in [-0.2, 0) is 18.4 Å². The van der Waals surface area contributed by atoms with Gasteiger partial charge in [0.1, 0.15) is 11.3 Å². The monoisotopic (exact) mass is 610 g/mol. The molecule has 6 aromatic rings. The van der Waals surface area contributed by atoms with E-state index >= 15 is 0 Å². The highest BCUT2D eigenvalue weighted by Crippen LogP contribution is 2.52. The predicted molar refractivity (Wildman–Crippen MR) is 193 cm³/mol. The number of furan rings is 1. The second-order valence-electron chi connectivity index (χ2n) is 13.6. The number of aliphatic imine (C=N–C) groups is 1. The highest BCUT2D eigenvalue weighted by Gasteiger charge is 2.48. The molecule has 0 bridgehead atoms. The molecule has 3 aromatic carbocycles. The van der Waals surface area contributed by atoms with E-state index in [0.717, 1.165) is 52.7 Å². The van der Waals surface area contributed by atoms with Gasteiger partial charge in [0.05, 0.1) is 28.5 Å². The Balaban J connectivity index is 1.23. The number of pyridine rings is 1. The van der Waals surface area contributed by atoms with Gasteiger partial charge in [-0.05, 0) is 97.5 Å². The van der Waals surface area contributed by atoms with E-state index in [-0.39, 0.29) is 6.04 Å². The van der Waals surface area contributed by atoms with Crippen molar-refractivity contribution in [2.45, 2.75) is 44.7 Å². The average molecular weight is 611 g/mol. The molecule has 0 radical (unpaired) electrons. The Labute approximate surface area is 273 Å². The molecular formula is C42H34N4O. The number of hydrogen-bond donors (Lipinski definition) is 0. The van der Waals surface area contributed by atoms with Crippen LogP contribution in [0.4, 0.5) is 11.4 Å². The minimum atomic E-state index is -0.400. The minimum Gasteiger partial charge on any atom is -0.458 e. The van der Waals surface area contributed by atoms with Gasteiger partial charge in [0, 0.05) is 52.3 Å². The SMILES string of the molecule is CC1C=Cc2c(oc3c(-n4c5c(c6ncccc64)CCC=C5)cc(-c4ccc5c(c4)C4(C)N=CC=CC4N5c4ccccc4)cc23)C1. The van der Waals surface area contributed by atoms with Crippen LogP contribution >= 0.6 is 0 Å². The van der Waals surface area contributed by atoms with E-state index < -0.39 is 5.54 Å². The van der Waals surface area contributed by atoms with Gasteiger partial charge in [-0.2, -0.15) is 0 Å². The van der Waals surface area contributed by atoms with Crippen LogP contribution in [0.1, 0.15) is 48.4 Å². The van der Waals surface area contributed by atoms with Gasteiger partial charge in [0.25, 0.3) is 0 Å². The van der Waals surface area contributed by atoms with E-state index in [9.17, 15) is 0 Å². The normalized spacial score (nSPS) is 22.1. The maximum Gasteiger partial charge on any atom is 0.158 e. The van der Waals surface area contributed by atoms with Gasteiger partial charge in [-0.3, -0.25) is 9.98 Å². The number of benzene rings is 3. The van der Waals surface area contributed by atoms with Crippen LogP contribution in [-0.4, -0.2) is 21.8 Å². The molecule has 0 spiro atoms. The van der Waals surface area contributed by atoms with Crippen LogP contribution in [0, 0.1) is 5.92 Å². The summed E-state index contributed by atoms with van der Waals surface area (Å²) in [4.78, 5) is 12.4. The lowest BCUT2D eigenvalue weighted by atomic mass is 9.85. The van der Waals surface area contributed by atoms with Crippen molar-refractivity contribution in [3.63, 3.8) is 0 Å². The van der Waals surface area contributed by atoms with Gasteiger partial charge >= 0.3 is 0 Å². The molecule has 3 unspecified atom stereocenters. The Morgan fingerprint density at radius 2 is 1.83 bits per heavy atom. The third-order valence-electron chi connectivity index (χ3n) is 10.7. The number of aromatic nitrogens is 2. The summed E-state index contributed by atoms with van der Waals surface area (Å²) in [6.45, 7) is 4.53. The van der Waals surface area contributed by atoms with Crippen molar-refractivity contribution >= 4 is 51.7 Å². The van der Waals surface area contributed by atoms with Crippen molar-refractivity contribution in [3.05, 3.63) is 131 Å². The highest BCUT2D eigenvalue weighted by molar-refractivity contribution is 6.00. The average Bonchev–Trinajstić information content (AvgIpc) is 3.73. The first-order chi connectivity index (χ1) is 23.1. The maximum absolute atomic E-state index is 6.82. The summed E-state index contributed by atoms with van der Waals surface area (Å²) in [5, 5.41) is 1.16. The lowest BCUT2D eigenvalue weighted by molar-refractivity contribution is 0.469. The fourth-order valence-electron chi connectivity index (χ4n) is 8.39. The predicted octanol–water partition coefficient (Wildman–Crippen LogP) is 9.98. The van der Waals surface area contributed by atoms with Crippen molar-refractivity contribution in [1.29, 1.82) is 0 Å². The summed E-state index contributed by atoms with van der Waals surface area (Å²) in [7, 11) is 0. The van der Waals surface area contributed by atoms with Gasteiger partial charge in [-0.1, -0.05) is 55.5 Å². The molecule has 2 aliphatic heterocycles. The van der Waals surface area contributed by atoms with E-state index in [4.69, 9.17) is 14.4 Å². The molecule has 228 valence electrons. The molecule has 5 heterocycles. The topological polar surface area (TPSA) is 46.6 Å². The largest absolute Gasteiger partial charge is 0.458 e. The zero-order valence-corrected chi connectivity index (χ0v) is 26.5. The van der Waals surface area contributed by atoms with Crippen molar-refractivity contribution < 1.29 is 4.42 Å². The Bertz CT molecular complexity index is 2390. The molecule has 0 N–H and O–H groups in total. The standard InChI is InChI=1S/C42H34N4O/c1-26-16-18-30-32-23-28(27-17-19-35-33(24-27)42(2)39(15-9-21-44-42)45(35)29-10-4-3-5-11-29)25-37(41(32)47-38(30)22-26)46-34-13-7-6-12-31(34)40-36(46)14-8-20-43-40/h3-5,7-11,13-21,23-26,39H,6,12,22H2,1-2H3. The molecule has 3 aromatic heterocycles. The van der Waals surface area contributed by atoms with E-state index in [1.165, 1.54) is 44.9 Å². The van der Waals surface area contributed by atoms with Gasteiger partial charge in [-0.15, -0.1) is 0 Å². The Morgan fingerprint density at radius 1 is 0.915 bits per heavy atom. The lowest BCUT2D eigenvalue weighted by Gasteiger charge is -2.33. The van der Waals surface area contributed by atoms with Gasteiger partial charge in [0.2, 0.25) is 0 Å². The summed E-state index contributed by atoms with van der Waals surface area (Å²) in [6, 6.07) is 26.6. The summed E-state index contributed by atoms with van der Waals surface area (Å²) in [5.74, 6) is 1.51. The third kappa shape index (κ3) is 3.77. The van der Waals surface area contributed by atoms with E-state index in [1.54, 1.807) is 0 Å². The van der Waals surface area contributed by atoms with E-state index in [1.807, 2.05) is 18.5 Å². The first kappa shape index (κ1) is 26.8. The van der Waals surface area contributed by atoms with Gasteiger partial charge < -0.3 is 13.9 Å². The molecule has 5 heteroatoms. The zero-order valence-electron chi connectivity index (χ0n) is 26.5. The second-order valence-corrected chi connectivity index (χ2v) is 13.6. The summed E-state index contributed by atoms with van der Waals surface area (Å²) in [6.07, 6.45) is 20.3. The molecule has 0 fully saturated rings. The molecule has 0 saturated heterocycles. The van der Waals surface area contributed by atoms with Crippen LogP contribution in [0.25, 0.3) is 51.0 Å². The molecule has 3 atom stereocenters. The van der Waals surface area contributed by atoms with Crippen LogP contribution in [0.5, 0.6) is 0 Å². The smallest absolute Gasteiger partial charge is 0.158 e. The summed E-state index contributed by atoms with van der Waals surface area (Å²) in [5.41, 5.74) is 13.5. The second kappa shape index (κ2) is 9.79. The number of rotatable bonds is 3. The zero-order chi connectivity index (χ0) is 31.3. The van der Waals surface area contributed by atoms with E-state index in [0.29, 0.717) is 5.92 Å². The van der Waals surface area contributed by atoms with Gasteiger partial charge in [-0.25, -0.2) is 0 Å². The Kier molecular flexibility index (Phi) is 5.58. The summed E-state index contributed by atoms with van der Waals surface area (Å²) < 4.78 is 9.21. The Morgan fingerprint density at radius 3 is 2.74 bits per heavy atom. The first-order valence-corrected chi connectivity index (χ1v) is 16.7. The number of aryl methyl sites for hydroxylation is 1. The van der Waals surface area contributed by atoms with Crippen molar-refractivity contribution in [3.8, 4) is 16.8 Å². The number of nitrogens with zero attached hydrogens (tertiary/aromatic N) is 4. The number of anilines is 2. The molecule has 0 saturated carbocycles. The van der Waals surface area contributed by atoms with Crippen molar-refractivity contribution in [1.82, 2.24) is 9.55 Å². The summed E-state index contributed by atoms with van der Waals surface area (Å²) >= 11 is 0. The van der Waals surface area contributed by atoms with Crippen LogP contribution < -0.4 is 4.90 Å².